The van der Waals surface area contributed by atoms with E-state index in [9.17, 15) is 9.90 Å². The van der Waals surface area contributed by atoms with Crippen LogP contribution in [0.4, 0.5) is 10.5 Å². The molecule has 1 amide bonds. The number of amides is 1. The molecule has 0 spiro atoms. The Bertz CT molecular complexity index is 1120. The largest absolute Gasteiger partial charge is 0.496 e. The molecule has 174 valence electrons. The summed E-state index contributed by atoms with van der Waals surface area (Å²) in [6.07, 6.45) is 0.966. The second kappa shape index (κ2) is 9.21. The van der Waals surface area contributed by atoms with E-state index in [2.05, 4.69) is 0 Å². The molecule has 3 rings (SSSR count). The standard InChI is InChI=1S/C22H29N3O5S2/c1-12-17(24(21(26)27)22(2,3)4)19-25(23-12)18(20(31-8)32-19)16-14(29-6)9-13(11-28-5)10-15(16)30-7/h9-10H,11H2,1-8H3,(H,26,27). The van der Waals surface area contributed by atoms with Crippen molar-refractivity contribution >= 4 is 39.7 Å². The van der Waals surface area contributed by atoms with Crippen LogP contribution in [0.1, 0.15) is 32.0 Å². The molecule has 0 aliphatic rings. The zero-order chi connectivity index (χ0) is 23.8. The Morgan fingerprint density at radius 2 is 1.81 bits per heavy atom. The van der Waals surface area contributed by atoms with Crippen LogP contribution in [-0.2, 0) is 11.3 Å². The minimum Gasteiger partial charge on any atom is -0.496 e. The summed E-state index contributed by atoms with van der Waals surface area (Å²) in [6.45, 7) is 7.86. The van der Waals surface area contributed by atoms with Crippen molar-refractivity contribution in [3.8, 4) is 22.8 Å². The van der Waals surface area contributed by atoms with E-state index in [1.54, 1.807) is 37.6 Å². The number of thiazole rings is 1. The van der Waals surface area contributed by atoms with E-state index in [0.29, 0.717) is 29.5 Å². The first kappa shape index (κ1) is 24.2. The molecule has 0 bridgehead atoms. The van der Waals surface area contributed by atoms with Gasteiger partial charge in [-0.15, -0.1) is 23.1 Å². The zero-order valence-electron chi connectivity index (χ0n) is 19.6. The number of carboxylic acid groups (broad SMARTS) is 1. The molecule has 0 aliphatic carbocycles. The maximum atomic E-state index is 12.2. The van der Waals surface area contributed by atoms with Crippen molar-refractivity contribution < 1.29 is 24.1 Å². The van der Waals surface area contributed by atoms with Gasteiger partial charge >= 0.3 is 6.09 Å². The van der Waals surface area contributed by atoms with Crippen molar-refractivity contribution in [1.82, 2.24) is 9.61 Å². The quantitative estimate of drug-likeness (QED) is 0.445. The fourth-order valence-electron chi connectivity index (χ4n) is 3.73. The van der Waals surface area contributed by atoms with Crippen LogP contribution in [0, 0.1) is 6.92 Å². The molecule has 0 atom stereocenters. The van der Waals surface area contributed by atoms with Crippen molar-refractivity contribution in [3.05, 3.63) is 23.4 Å². The van der Waals surface area contributed by atoms with Crippen molar-refractivity contribution in [2.24, 2.45) is 0 Å². The first-order valence-electron chi connectivity index (χ1n) is 9.92. The van der Waals surface area contributed by atoms with Gasteiger partial charge in [0.05, 0.1) is 36.3 Å². The second-order valence-electron chi connectivity index (χ2n) is 8.19. The van der Waals surface area contributed by atoms with Gasteiger partial charge in [0, 0.05) is 12.6 Å². The second-order valence-corrected chi connectivity index (χ2v) is 10.3. The van der Waals surface area contributed by atoms with Gasteiger partial charge < -0.3 is 19.3 Å². The number of ether oxygens (including phenoxy) is 3. The lowest BCUT2D eigenvalue weighted by Gasteiger charge is -2.32. The number of anilines is 1. The number of aromatic nitrogens is 2. The molecule has 10 heteroatoms. The fraction of sp³-hybridized carbons (Fsp3) is 0.455. The average molecular weight is 480 g/mol. The molecular weight excluding hydrogens is 450 g/mol. The van der Waals surface area contributed by atoms with E-state index in [-0.39, 0.29) is 0 Å². The van der Waals surface area contributed by atoms with E-state index in [0.717, 1.165) is 25.9 Å². The number of methoxy groups -OCH3 is 3. The Morgan fingerprint density at radius 1 is 1.22 bits per heavy atom. The van der Waals surface area contributed by atoms with Crippen LogP contribution in [0.3, 0.4) is 0 Å². The Hall–Kier alpha value is -2.43. The molecule has 2 heterocycles. The molecule has 32 heavy (non-hydrogen) atoms. The van der Waals surface area contributed by atoms with Gasteiger partial charge in [-0.3, -0.25) is 4.90 Å². The molecule has 0 unspecified atom stereocenters. The lowest BCUT2D eigenvalue weighted by Crippen LogP contribution is -2.45. The van der Waals surface area contributed by atoms with Gasteiger partial charge in [0.1, 0.15) is 27.7 Å². The summed E-state index contributed by atoms with van der Waals surface area (Å²) >= 11 is 3.08. The van der Waals surface area contributed by atoms with E-state index < -0.39 is 11.6 Å². The topological polar surface area (TPSA) is 85.5 Å². The van der Waals surface area contributed by atoms with Gasteiger partial charge in [-0.2, -0.15) is 5.10 Å². The molecule has 1 aromatic carbocycles. The number of rotatable bonds is 7. The van der Waals surface area contributed by atoms with Crippen LogP contribution >= 0.6 is 23.1 Å². The third kappa shape index (κ3) is 4.14. The highest BCUT2D eigenvalue weighted by Gasteiger charge is 2.34. The zero-order valence-corrected chi connectivity index (χ0v) is 21.2. The minimum absolute atomic E-state index is 0.422. The van der Waals surface area contributed by atoms with Gasteiger partial charge in [-0.05, 0) is 51.6 Å². The predicted molar refractivity (Wildman–Crippen MR) is 129 cm³/mol. The fourth-order valence-corrected chi connectivity index (χ4v) is 5.70. The van der Waals surface area contributed by atoms with E-state index in [1.807, 2.05) is 46.1 Å². The summed E-state index contributed by atoms with van der Waals surface area (Å²) in [4.78, 5) is 14.3. The number of aryl methyl sites for hydroxylation is 1. The summed E-state index contributed by atoms with van der Waals surface area (Å²) in [5.74, 6) is 1.26. The first-order chi connectivity index (χ1) is 15.1. The van der Waals surface area contributed by atoms with Crippen LogP contribution in [-0.4, -0.2) is 53.9 Å². The normalized spacial score (nSPS) is 11.8. The van der Waals surface area contributed by atoms with Crippen molar-refractivity contribution in [1.29, 1.82) is 0 Å². The molecular formula is C22H29N3O5S2. The van der Waals surface area contributed by atoms with Crippen LogP contribution in [0.5, 0.6) is 11.5 Å². The SMILES string of the molecule is COCc1cc(OC)c(-c2c(SC)sc3c(N(C(=O)O)C(C)(C)C)c(C)nn23)c(OC)c1. The number of fused-ring (bicyclic) bond motifs is 1. The average Bonchev–Trinajstić information content (AvgIpc) is 3.21. The smallest absolute Gasteiger partial charge is 0.412 e. The maximum Gasteiger partial charge on any atom is 0.412 e. The summed E-state index contributed by atoms with van der Waals surface area (Å²) in [6, 6.07) is 3.84. The summed E-state index contributed by atoms with van der Waals surface area (Å²) < 4.78 is 19.5. The molecule has 0 saturated heterocycles. The lowest BCUT2D eigenvalue weighted by molar-refractivity contribution is 0.184. The molecule has 8 nitrogen and oxygen atoms in total. The highest BCUT2D eigenvalue weighted by Crippen LogP contribution is 2.49. The number of hydrogen-bond donors (Lipinski definition) is 1. The predicted octanol–water partition coefficient (Wildman–Crippen LogP) is 5.54. The van der Waals surface area contributed by atoms with Crippen LogP contribution in [0.15, 0.2) is 16.3 Å². The third-order valence-corrected chi connectivity index (χ3v) is 7.22. The van der Waals surface area contributed by atoms with E-state index >= 15 is 0 Å². The minimum atomic E-state index is -1.02. The number of hydrogen-bond acceptors (Lipinski definition) is 7. The Morgan fingerprint density at radius 3 is 2.25 bits per heavy atom. The van der Waals surface area contributed by atoms with Crippen LogP contribution in [0.2, 0.25) is 0 Å². The van der Waals surface area contributed by atoms with Gasteiger partial charge in [0.25, 0.3) is 0 Å². The van der Waals surface area contributed by atoms with Gasteiger partial charge in [0.15, 0.2) is 0 Å². The van der Waals surface area contributed by atoms with Crippen LogP contribution < -0.4 is 14.4 Å². The maximum absolute atomic E-state index is 12.2. The van der Waals surface area contributed by atoms with Crippen molar-refractivity contribution in [2.75, 3.05) is 32.5 Å². The van der Waals surface area contributed by atoms with Gasteiger partial charge in [-0.25, -0.2) is 9.31 Å². The highest BCUT2D eigenvalue weighted by atomic mass is 32.2. The van der Waals surface area contributed by atoms with E-state index in [4.69, 9.17) is 19.3 Å². The molecule has 2 aromatic heterocycles. The molecule has 0 saturated carbocycles. The number of thioether (sulfide) groups is 1. The molecule has 0 fully saturated rings. The molecule has 3 aromatic rings. The lowest BCUT2D eigenvalue weighted by atomic mass is 10.1. The van der Waals surface area contributed by atoms with Crippen LogP contribution in [0.25, 0.3) is 16.1 Å². The number of benzene rings is 1. The highest BCUT2D eigenvalue weighted by molar-refractivity contribution is 8.00. The van der Waals surface area contributed by atoms with Crippen molar-refractivity contribution in [3.63, 3.8) is 0 Å². The van der Waals surface area contributed by atoms with Gasteiger partial charge in [0.2, 0.25) is 0 Å². The first-order valence-corrected chi connectivity index (χ1v) is 12.0. The van der Waals surface area contributed by atoms with Gasteiger partial charge in [-0.1, -0.05) is 0 Å². The number of nitrogens with zero attached hydrogens (tertiary/aromatic N) is 3. The van der Waals surface area contributed by atoms with Crippen molar-refractivity contribution in [2.45, 2.75) is 44.0 Å². The molecule has 1 N–H and O–H groups in total. The Kier molecular flexibility index (Phi) is 6.97. The Balaban J connectivity index is 2.38. The third-order valence-electron chi connectivity index (χ3n) is 4.97. The summed E-state index contributed by atoms with van der Waals surface area (Å²) in [7, 11) is 4.87. The number of carbonyl (C=O) groups is 1. The van der Waals surface area contributed by atoms with E-state index in [1.165, 1.54) is 16.2 Å². The Labute approximate surface area is 196 Å². The summed E-state index contributed by atoms with van der Waals surface area (Å²) in [5, 5.41) is 14.8. The monoisotopic (exact) mass is 479 g/mol. The molecule has 0 radical (unpaired) electrons. The molecule has 0 aliphatic heterocycles. The summed E-state index contributed by atoms with van der Waals surface area (Å²) in [5.41, 5.74) is 3.08.